The number of rotatable bonds is 8. The average Bonchev–Trinajstić information content (AvgIpc) is 3.33. The first kappa shape index (κ1) is 22.9. The summed E-state index contributed by atoms with van der Waals surface area (Å²) >= 11 is 1.31. The van der Waals surface area contributed by atoms with Crippen LogP contribution in [0, 0.1) is 11.7 Å². The SMILES string of the molecule is COCCNC(=O)C(NC(=O)c1cccs1)C1CCN(C(=O)c2ccc(F)cc2)CC1. The lowest BCUT2D eigenvalue weighted by Gasteiger charge is -2.35. The molecule has 3 rings (SSSR count). The van der Waals surface area contributed by atoms with Crippen LogP contribution in [-0.2, 0) is 9.53 Å². The van der Waals surface area contributed by atoms with E-state index in [1.807, 2.05) is 5.38 Å². The molecule has 1 fully saturated rings. The predicted molar refractivity (Wildman–Crippen MR) is 115 cm³/mol. The predicted octanol–water partition coefficient (Wildman–Crippen LogP) is 2.30. The number of piperidine rings is 1. The zero-order valence-electron chi connectivity index (χ0n) is 17.3. The summed E-state index contributed by atoms with van der Waals surface area (Å²) in [5, 5.41) is 7.48. The fraction of sp³-hybridized carbons (Fsp3) is 0.409. The summed E-state index contributed by atoms with van der Waals surface area (Å²) in [6.07, 6.45) is 1.14. The van der Waals surface area contributed by atoms with E-state index < -0.39 is 6.04 Å². The molecule has 7 nitrogen and oxygen atoms in total. The Morgan fingerprint density at radius 2 is 1.90 bits per heavy atom. The molecule has 3 amide bonds. The number of ether oxygens (including phenoxy) is 1. The summed E-state index contributed by atoms with van der Waals surface area (Å²) in [6.45, 7) is 1.64. The molecule has 1 aromatic heterocycles. The topological polar surface area (TPSA) is 87.7 Å². The van der Waals surface area contributed by atoms with Crippen LogP contribution in [0.5, 0.6) is 0 Å². The summed E-state index contributed by atoms with van der Waals surface area (Å²) in [5.74, 6) is -1.21. The van der Waals surface area contributed by atoms with E-state index in [4.69, 9.17) is 4.74 Å². The monoisotopic (exact) mass is 447 g/mol. The maximum atomic E-state index is 13.1. The molecular formula is C22H26FN3O4S. The Labute approximate surface area is 184 Å². The highest BCUT2D eigenvalue weighted by atomic mass is 32.1. The molecule has 2 heterocycles. The molecule has 1 unspecified atom stereocenters. The lowest BCUT2D eigenvalue weighted by Crippen LogP contribution is -2.54. The number of halogens is 1. The molecule has 1 atom stereocenters. The summed E-state index contributed by atoms with van der Waals surface area (Å²) < 4.78 is 18.1. The van der Waals surface area contributed by atoms with Crippen LogP contribution in [0.2, 0.25) is 0 Å². The summed E-state index contributed by atoms with van der Waals surface area (Å²) in [7, 11) is 1.55. The van der Waals surface area contributed by atoms with E-state index in [2.05, 4.69) is 10.6 Å². The van der Waals surface area contributed by atoms with Gasteiger partial charge in [0.05, 0.1) is 11.5 Å². The van der Waals surface area contributed by atoms with Crippen LogP contribution >= 0.6 is 11.3 Å². The Hall–Kier alpha value is -2.78. The van der Waals surface area contributed by atoms with Gasteiger partial charge in [-0.1, -0.05) is 6.07 Å². The molecule has 31 heavy (non-hydrogen) atoms. The second-order valence-corrected chi connectivity index (χ2v) is 8.30. The first-order valence-electron chi connectivity index (χ1n) is 10.2. The Kier molecular flexibility index (Phi) is 8.13. The van der Waals surface area contributed by atoms with E-state index in [9.17, 15) is 18.8 Å². The molecule has 1 aromatic carbocycles. The molecule has 0 bridgehead atoms. The molecular weight excluding hydrogens is 421 g/mol. The van der Waals surface area contributed by atoms with Crippen LogP contribution in [0.3, 0.4) is 0 Å². The third-order valence-electron chi connectivity index (χ3n) is 5.31. The van der Waals surface area contributed by atoms with Gasteiger partial charge in [0, 0.05) is 32.3 Å². The molecule has 9 heteroatoms. The van der Waals surface area contributed by atoms with Crippen LogP contribution < -0.4 is 10.6 Å². The minimum atomic E-state index is -0.700. The summed E-state index contributed by atoms with van der Waals surface area (Å²) in [5.41, 5.74) is 0.430. The number of thiophene rings is 1. The minimum Gasteiger partial charge on any atom is -0.383 e. The molecule has 1 saturated heterocycles. The number of hydrogen-bond donors (Lipinski definition) is 2. The quantitative estimate of drug-likeness (QED) is 0.608. The fourth-order valence-corrected chi connectivity index (χ4v) is 4.24. The number of methoxy groups -OCH3 is 1. The van der Waals surface area contributed by atoms with Crippen LogP contribution in [0.1, 0.15) is 32.9 Å². The first-order valence-corrected chi connectivity index (χ1v) is 11.0. The normalized spacial score (nSPS) is 15.4. The molecule has 166 valence electrons. The number of hydrogen-bond acceptors (Lipinski definition) is 5. The lowest BCUT2D eigenvalue weighted by molar-refractivity contribution is -0.124. The van der Waals surface area contributed by atoms with Gasteiger partial charge in [-0.05, 0) is 54.5 Å². The number of nitrogens with one attached hydrogen (secondary N) is 2. The number of carbonyl (C=O) groups excluding carboxylic acids is 3. The largest absolute Gasteiger partial charge is 0.383 e. The van der Waals surface area contributed by atoms with E-state index in [1.54, 1.807) is 24.1 Å². The molecule has 2 N–H and O–H groups in total. The highest BCUT2D eigenvalue weighted by Gasteiger charge is 2.34. The van der Waals surface area contributed by atoms with E-state index in [1.165, 1.54) is 35.6 Å². The van der Waals surface area contributed by atoms with Gasteiger partial charge in [0.15, 0.2) is 0 Å². The van der Waals surface area contributed by atoms with Gasteiger partial charge in [-0.3, -0.25) is 14.4 Å². The van der Waals surface area contributed by atoms with Crippen molar-refractivity contribution in [1.82, 2.24) is 15.5 Å². The number of carbonyl (C=O) groups is 3. The van der Waals surface area contributed by atoms with Gasteiger partial charge in [0.25, 0.3) is 11.8 Å². The second kappa shape index (κ2) is 11.0. The van der Waals surface area contributed by atoms with Crippen LogP contribution in [0.4, 0.5) is 4.39 Å². The average molecular weight is 448 g/mol. The van der Waals surface area contributed by atoms with Crippen LogP contribution in [0.25, 0.3) is 0 Å². The van der Waals surface area contributed by atoms with Gasteiger partial charge >= 0.3 is 0 Å². The number of amides is 3. The van der Waals surface area contributed by atoms with Crippen molar-refractivity contribution in [2.45, 2.75) is 18.9 Å². The Morgan fingerprint density at radius 1 is 1.19 bits per heavy atom. The minimum absolute atomic E-state index is 0.108. The highest BCUT2D eigenvalue weighted by molar-refractivity contribution is 7.12. The zero-order chi connectivity index (χ0) is 22.2. The molecule has 0 aliphatic carbocycles. The molecule has 0 radical (unpaired) electrons. The second-order valence-electron chi connectivity index (χ2n) is 7.35. The van der Waals surface area contributed by atoms with E-state index in [0.29, 0.717) is 49.5 Å². The number of benzene rings is 1. The van der Waals surface area contributed by atoms with Crippen LogP contribution in [0.15, 0.2) is 41.8 Å². The van der Waals surface area contributed by atoms with E-state index in [-0.39, 0.29) is 29.5 Å². The zero-order valence-corrected chi connectivity index (χ0v) is 18.1. The van der Waals surface area contributed by atoms with Crippen molar-refractivity contribution in [2.75, 3.05) is 33.4 Å². The lowest BCUT2D eigenvalue weighted by atomic mass is 9.88. The summed E-state index contributed by atoms with van der Waals surface area (Å²) in [4.78, 5) is 40.3. The van der Waals surface area contributed by atoms with E-state index >= 15 is 0 Å². The van der Waals surface area contributed by atoms with E-state index in [0.717, 1.165) is 0 Å². The first-order chi connectivity index (χ1) is 15.0. The summed E-state index contributed by atoms with van der Waals surface area (Å²) in [6, 6.07) is 8.26. The van der Waals surface area contributed by atoms with Crippen molar-refractivity contribution in [1.29, 1.82) is 0 Å². The Morgan fingerprint density at radius 3 is 2.52 bits per heavy atom. The number of likely N-dealkylation sites (tertiary alicyclic amines) is 1. The van der Waals surface area contributed by atoms with Gasteiger partial charge in [0.2, 0.25) is 5.91 Å². The molecule has 1 aliphatic heterocycles. The van der Waals surface area contributed by atoms with Gasteiger partial charge in [0.1, 0.15) is 11.9 Å². The van der Waals surface area contributed by atoms with Crippen molar-refractivity contribution in [3.05, 3.63) is 58.0 Å². The molecule has 0 spiro atoms. The number of nitrogens with zero attached hydrogens (tertiary/aromatic N) is 1. The van der Waals surface area contributed by atoms with Crippen molar-refractivity contribution >= 4 is 29.1 Å². The molecule has 1 aliphatic rings. The van der Waals surface area contributed by atoms with Gasteiger partial charge < -0.3 is 20.3 Å². The maximum Gasteiger partial charge on any atom is 0.262 e. The third-order valence-corrected chi connectivity index (χ3v) is 6.18. The van der Waals surface area contributed by atoms with Crippen LogP contribution in [-0.4, -0.2) is 62.0 Å². The Balaban J connectivity index is 1.64. The maximum absolute atomic E-state index is 13.1. The molecule has 0 saturated carbocycles. The smallest absolute Gasteiger partial charge is 0.262 e. The van der Waals surface area contributed by atoms with Gasteiger partial charge in [-0.25, -0.2) is 4.39 Å². The van der Waals surface area contributed by atoms with Crippen molar-refractivity contribution in [3.8, 4) is 0 Å². The standard InChI is InChI=1S/C22H26FN3O4S/c1-30-13-10-24-21(28)19(25-20(27)18-3-2-14-31-18)15-8-11-26(12-9-15)22(29)16-4-6-17(23)7-5-16/h2-7,14-15,19H,8-13H2,1H3,(H,24,28)(H,25,27). The third kappa shape index (κ3) is 6.11. The highest BCUT2D eigenvalue weighted by Crippen LogP contribution is 2.23. The van der Waals surface area contributed by atoms with Crippen molar-refractivity contribution < 1.29 is 23.5 Å². The Bertz CT molecular complexity index is 881. The van der Waals surface area contributed by atoms with Crippen molar-refractivity contribution in [2.24, 2.45) is 5.92 Å². The van der Waals surface area contributed by atoms with Gasteiger partial charge in [-0.2, -0.15) is 0 Å². The van der Waals surface area contributed by atoms with Gasteiger partial charge in [-0.15, -0.1) is 11.3 Å². The van der Waals surface area contributed by atoms with Crippen molar-refractivity contribution in [3.63, 3.8) is 0 Å². The molecule has 2 aromatic rings. The fourth-order valence-electron chi connectivity index (χ4n) is 3.61.